The van der Waals surface area contributed by atoms with Crippen molar-refractivity contribution < 1.29 is 14.5 Å². The molecule has 1 aromatic heterocycles. The molecule has 0 unspecified atom stereocenters. The molecule has 0 bridgehead atoms. The van der Waals surface area contributed by atoms with Gasteiger partial charge in [-0.2, -0.15) is 0 Å². The number of nitro benzene ring substituents is 1. The van der Waals surface area contributed by atoms with Crippen LogP contribution in [0.5, 0.6) is 5.75 Å². The van der Waals surface area contributed by atoms with E-state index >= 15 is 0 Å². The molecule has 1 heterocycles. The smallest absolute Gasteiger partial charge is 0.296 e. The summed E-state index contributed by atoms with van der Waals surface area (Å²) in [6.07, 6.45) is 0. The SMILES string of the molecule is COc1ccc(NC(=O)CN(C)Cc2sccc2C)c([N+](=O)[O-])c1. The molecule has 7 nitrogen and oxygen atoms in total. The molecule has 0 aliphatic rings. The van der Waals surface area contributed by atoms with Gasteiger partial charge in [0, 0.05) is 11.4 Å². The normalized spacial score (nSPS) is 10.7. The molecule has 0 aliphatic carbocycles. The second-order valence-corrected chi connectivity index (χ2v) is 6.39. The molecule has 2 rings (SSSR count). The Bertz CT molecular complexity index is 745. The lowest BCUT2D eigenvalue weighted by Gasteiger charge is -2.16. The molecule has 0 aliphatic heterocycles. The zero-order valence-electron chi connectivity index (χ0n) is 13.7. The van der Waals surface area contributed by atoms with Gasteiger partial charge in [0.2, 0.25) is 5.91 Å². The standard InChI is InChI=1S/C16H19N3O4S/c1-11-6-7-24-15(11)9-18(2)10-16(20)17-13-5-4-12(23-3)8-14(13)19(21)22/h4-8H,9-10H2,1-3H3,(H,17,20). The average Bonchev–Trinajstić information content (AvgIpc) is 2.92. The van der Waals surface area contributed by atoms with Gasteiger partial charge in [0.1, 0.15) is 11.4 Å². The van der Waals surface area contributed by atoms with Crippen LogP contribution >= 0.6 is 11.3 Å². The van der Waals surface area contributed by atoms with E-state index in [1.807, 2.05) is 30.3 Å². The molecule has 0 spiro atoms. The lowest BCUT2D eigenvalue weighted by molar-refractivity contribution is -0.384. The maximum absolute atomic E-state index is 12.2. The number of hydrogen-bond acceptors (Lipinski definition) is 6. The van der Waals surface area contributed by atoms with Gasteiger partial charge in [0.05, 0.1) is 24.6 Å². The highest BCUT2D eigenvalue weighted by Crippen LogP contribution is 2.28. The number of hydrogen-bond donors (Lipinski definition) is 1. The summed E-state index contributed by atoms with van der Waals surface area (Å²) in [5.41, 5.74) is 1.16. The molecule has 0 atom stereocenters. The maximum Gasteiger partial charge on any atom is 0.296 e. The van der Waals surface area contributed by atoms with E-state index in [4.69, 9.17) is 4.74 Å². The number of aryl methyl sites for hydroxylation is 1. The number of anilines is 1. The van der Waals surface area contributed by atoms with E-state index in [0.717, 1.165) is 0 Å². The van der Waals surface area contributed by atoms with Crippen LogP contribution in [0.4, 0.5) is 11.4 Å². The minimum absolute atomic E-state index is 0.139. The van der Waals surface area contributed by atoms with Crippen LogP contribution in [0.1, 0.15) is 10.4 Å². The number of amides is 1. The highest BCUT2D eigenvalue weighted by atomic mass is 32.1. The van der Waals surface area contributed by atoms with Gasteiger partial charge in [0.25, 0.3) is 5.69 Å². The summed E-state index contributed by atoms with van der Waals surface area (Å²) in [4.78, 5) is 25.8. The summed E-state index contributed by atoms with van der Waals surface area (Å²) in [6.45, 7) is 2.82. The fraction of sp³-hybridized carbons (Fsp3) is 0.312. The second-order valence-electron chi connectivity index (χ2n) is 5.39. The highest BCUT2D eigenvalue weighted by molar-refractivity contribution is 7.10. The third kappa shape index (κ3) is 4.53. The van der Waals surface area contributed by atoms with Crippen molar-refractivity contribution in [3.8, 4) is 5.75 Å². The second kappa shape index (κ2) is 7.89. The van der Waals surface area contributed by atoms with Crippen LogP contribution in [0.25, 0.3) is 0 Å². The van der Waals surface area contributed by atoms with Gasteiger partial charge >= 0.3 is 0 Å². The zero-order chi connectivity index (χ0) is 17.7. The quantitative estimate of drug-likeness (QED) is 0.613. The Hall–Kier alpha value is -2.45. The van der Waals surface area contributed by atoms with E-state index in [0.29, 0.717) is 12.3 Å². The van der Waals surface area contributed by atoms with Crippen LogP contribution in [0.2, 0.25) is 0 Å². The number of nitrogens with one attached hydrogen (secondary N) is 1. The number of methoxy groups -OCH3 is 1. The van der Waals surface area contributed by atoms with Gasteiger partial charge in [0.15, 0.2) is 0 Å². The van der Waals surface area contributed by atoms with E-state index in [2.05, 4.69) is 5.32 Å². The molecule has 0 saturated heterocycles. The van der Waals surface area contributed by atoms with Crippen molar-refractivity contribution >= 4 is 28.6 Å². The summed E-state index contributed by atoms with van der Waals surface area (Å²) in [6, 6.07) is 6.36. The number of thiophene rings is 1. The van der Waals surface area contributed by atoms with Gasteiger partial charge in [-0.3, -0.25) is 19.8 Å². The molecule has 2 aromatic rings. The van der Waals surface area contributed by atoms with Crippen molar-refractivity contribution in [2.75, 3.05) is 26.0 Å². The Kier molecular flexibility index (Phi) is 5.88. The Labute approximate surface area is 144 Å². The number of nitrogens with zero attached hydrogens (tertiary/aromatic N) is 2. The Morgan fingerprint density at radius 1 is 1.42 bits per heavy atom. The van der Waals surface area contributed by atoms with E-state index in [1.54, 1.807) is 17.4 Å². The number of carbonyl (C=O) groups is 1. The van der Waals surface area contributed by atoms with Gasteiger partial charge in [-0.25, -0.2) is 0 Å². The van der Waals surface area contributed by atoms with Crippen molar-refractivity contribution in [1.29, 1.82) is 0 Å². The number of nitro groups is 1. The Morgan fingerprint density at radius 2 is 2.17 bits per heavy atom. The van der Waals surface area contributed by atoms with Crippen LogP contribution in [0.3, 0.4) is 0 Å². The molecule has 24 heavy (non-hydrogen) atoms. The number of carbonyl (C=O) groups excluding carboxylic acids is 1. The van der Waals surface area contributed by atoms with Crippen LogP contribution in [-0.4, -0.2) is 36.4 Å². The van der Waals surface area contributed by atoms with Gasteiger partial charge in [-0.15, -0.1) is 11.3 Å². The summed E-state index contributed by atoms with van der Waals surface area (Å²) in [5, 5.41) is 15.7. The van der Waals surface area contributed by atoms with Crippen LogP contribution < -0.4 is 10.1 Å². The molecule has 0 fully saturated rings. The topological polar surface area (TPSA) is 84.7 Å². The minimum Gasteiger partial charge on any atom is -0.496 e. The predicted octanol–water partition coefficient (Wildman–Crippen LogP) is 3.04. The third-order valence-electron chi connectivity index (χ3n) is 3.47. The zero-order valence-corrected chi connectivity index (χ0v) is 14.6. The van der Waals surface area contributed by atoms with Crippen molar-refractivity contribution in [1.82, 2.24) is 4.90 Å². The fourth-order valence-corrected chi connectivity index (χ4v) is 3.18. The molecular weight excluding hydrogens is 330 g/mol. The van der Waals surface area contributed by atoms with Gasteiger partial charge < -0.3 is 10.1 Å². The largest absolute Gasteiger partial charge is 0.496 e. The van der Waals surface area contributed by atoms with Crippen molar-refractivity contribution in [3.05, 3.63) is 50.2 Å². The molecule has 0 saturated carbocycles. The Balaban J connectivity index is 2.01. The van der Waals surface area contributed by atoms with Crippen LogP contribution in [0, 0.1) is 17.0 Å². The maximum atomic E-state index is 12.2. The van der Waals surface area contributed by atoms with Crippen LogP contribution in [0.15, 0.2) is 29.6 Å². The summed E-state index contributed by atoms with van der Waals surface area (Å²) in [7, 11) is 3.26. The monoisotopic (exact) mass is 349 g/mol. The highest BCUT2D eigenvalue weighted by Gasteiger charge is 2.18. The lowest BCUT2D eigenvalue weighted by Crippen LogP contribution is -2.30. The van der Waals surface area contributed by atoms with Crippen LogP contribution in [-0.2, 0) is 11.3 Å². The van der Waals surface area contributed by atoms with Crippen molar-refractivity contribution in [2.24, 2.45) is 0 Å². The van der Waals surface area contributed by atoms with Crippen molar-refractivity contribution in [2.45, 2.75) is 13.5 Å². The minimum atomic E-state index is -0.545. The Morgan fingerprint density at radius 3 is 2.75 bits per heavy atom. The van der Waals surface area contributed by atoms with Crippen molar-refractivity contribution in [3.63, 3.8) is 0 Å². The number of ether oxygens (including phenoxy) is 1. The molecule has 8 heteroatoms. The van der Waals surface area contributed by atoms with E-state index < -0.39 is 4.92 Å². The third-order valence-corrected chi connectivity index (χ3v) is 4.48. The molecule has 128 valence electrons. The van der Waals surface area contributed by atoms with E-state index in [-0.39, 0.29) is 23.8 Å². The first-order valence-corrected chi connectivity index (χ1v) is 8.12. The van der Waals surface area contributed by atoms with Gasteiger partial charge in [-0.05, 0) is 43.1 Å². The summed E-state index contributed by atoms with van der Waals surface area (Å²) >= 11 is 1.64. The summed E-state index contributed by atoms with van der Waals surface area (Å²) in [5.74, 6) is 0.0602. The first kappa shape index (κ1) is 17.9. The first-order valence-electron chi connectivity index (χ1n) is 7.24. The molecule has 0 radical (unpaired) electrons. The molecule has 1 N–H and O–H groups in total. The first-order chi connectivity index (χ1) is 11.4. The van der Waals surface area contributed by atoms with Gasteiger partial charge in [-0.1, -0.05) is 0 Å². The lowest BCUT2D eigenvalue weighted by atomic mass is 10.2. The van der Waals surface area contributed by atoms with E-state index in [9.17, 15) is 14.9 Å². The molecule has 1 amide bonds. The average molecular weight is 349 g/mol. The summed E-state index contributed by atoms with van der Waals surface area (Å²) < 4.78 is 4.98. The number of rotatable bonds is 7. The molecular formula is C16H19N3O4S. The number of benzene rings is 1. The van der Waals surface area contributed by atoms with E-state index in [1.165, 1.54) is 29.7 Å². The predicted molar refractivity (Wildman–Crippen MR) is 93.7 cm³/mol. The fourth-order valence-electron chi connectivity index (χ4n) is 2.20. The molecule has 1 aromatic carbocycles. The number of likely N-dealkylation sites (N-methyl/N-ethyl adjacent to an activating group) is 1.